The fraction of sp³-hybridized carbons (Fsp3) is 0.650. The van der Waals surface area contributed by atoms with E-state index in [9.17, 15) is 4.79 Å². The Morgan fingerprint density at radius 1 is 1.08 bits per heavy atom. The van der Waals surface area contributed by atoms with Gasteiger partial charge in [-0.2, -0.15) is 0 Å². The monoisotopic (exact) mass is 346 g/mol. The molecule has 138 valence electrons. The van der Waals surface area contributed by atoms with Crippen molar-refractivity contribution in [1.29, 1.82) is 0 Å². The molecule has 2 aliphatic rings. The lowest BCUT2D eigenvalue weighted by Crippen LogP contribution is -2.29. The van der Waals surface area contributed by atoms with E-state index in [-0.39, 0.29) is 18.6 Å². The smallest absolute Gasteiger partial charge is 0.250 e. The number of benzene rings is 1. The predicted octanol–water partition coefficient (Wildman–Crippen LogP) is 3.81. The number of ether oxygens (including phenoxy) is 2. The first kappa shape index (κ1) is 18.2. The third-order valence-electron chi connectivity index (χ3n) is 5.22. The van der Waals surface area contributed by atoms with Gasteiger partial charge in [-0.3, -0.25) is 4.79 Å². The first-order valence-corrected chi connectivity index (χ1v) is 9.56. The summed E-state index contributed by atoms with van der Waals surface area (Å²) in [5, 5.41) is 6.43. The van der Waals surface area contributed by atoms with Gasteiger partial charge in [0.2, 0.25) is 5.91 Å². The lowest BCUT2D eigenvalue weighted by molar-refractivity contribution is -0.124. The van der Waals surface area contributed by atoms with Gasteiger partial charge in [-0.15, -0.1) is 0 Å². The average Bonchev–Trinajstić information content (AvgIpc) is 2.64. The van der Waals surface area contributed by atoms with E-state index in [1.807, 2.05) is 24.3 Å². The molecule has 5 heteroatoms. The van der Waals surface area contributed by atoms with Crippen molar-refractivity contribution >= 4 is 17.3 Å². The Kier molecular flexibility index (Phi) is 6.70. The van der Waals surface area contributed by atoms with Crippen molar-refractivity contribution in [2.45, 2.75) is 57.6 Å². The highest BCUT2D eigenvalue weighted by atomic mass is 16.5. The molecule has 1 saturated heterocycles. The maximum absolute atomic E-state index is 12.1. The summed E-state index contributed by atoms with van der Waals surface area (Å²) in [5.74, 6) is 0.472. The van der Waals surface area contributed by atoms with Crippen LogP contribution in [0, 0.1) is 5.92 Å². The van der Waals surface area contributed by atoms with Gasteiger partial charge in [-0.05, 0) is 55.9 Å². The van der Waals surface area contributed by atoms with E-state index in [2.05, 4.69) is 17.6 Å². The summed E-state index contributed by atoms with van der Waals surface area (Å²) < 4.78 is 11.2. The van der Waals surface area contributed by atoms with Gasteiger partial charge in [0.15, 0.2) is 0 Å². The second kappa shape index (κ2) is 9.20. The van der Waals surface area contributed by atoms with E-state index < -0.39 is 0 Å². The van der Waals surface area contributed by atoms with Crippen molar-refractivity contribution in [3.63, 3.8) is 0 Å². The van der Waals surface area contributed by atoms with E-state index in [0.29, 0.717) is 12.0 Å². The Hall–Kier alpha value is -1.59. The topological polar surface area (TPSA) is 59.6 Å². The number of hydrogen-bond donors (Lipinski definition) is 2. The van der Waals surface area contributed by atoms with Crippen LogP contribution in [0.5, 0.6) is 0 Å². The summed E-state index contributed by atoms with van der Waals surface area (Å²) in [4.78, 5) is 12.1. The molecule has 2 fully saturated rings. The van der Waals surface area contributed by atoms with Crippen LogP contribution in [0.4, 0.5) is 11.4 Å². The van der Waals surface area contributed by atoms with Crippen LogP contribution >= 0.6 is 0 Å². The Labute approximate surface area is 150 Å². The van der Waals surface area contributed by atoms with Gasteiger partial charge in [0, 0.05) is 30.6 Å². The summed E-state index contributed by atoms with van der Waals surface area (Å²) in [7, 11) is 0. The second-order valence-corrected chi connectivity index (χ2v) is 7.27. The highest BCUT2D eigenvalue weighted by Crippen LogP contribution is 2.26. The van der Waals surface area contributed by atoms with Gasteiger partial charge in [-0.1, -0.05) is 19.8 Å². The Morgan fingerprint density at radius 2 is 1.76 bits per heavy atom. The number of carbonyl (C=O) groups is 1. The number of amides is 1. The molecule has 3 rings (SSSR count). The van der Waals surface area contributed by atoms with Crippen molar-refractivity contribution in [1.82, 2.24) is 0 Å². The van der Waals surface area contributed by atoms with Crippen molar-refractivity contribution < 1.29 is 14.3 Å². The normalized spacial score (nSPS) is 24.7. The number of rotatable bonds is 6. The SMILES string of the molecule is CC1CCCCC1OCC(=O)Nc1ccc(NC2CCOCC2)cc1. The molecular weight excluding hydrogens is 316 g/mol. The van der Waals surface area contributed by atoms with E-state index in [1.54, 1.807) is 0 Å². The second-order valence-electron chi connectivity index (χ2n) is 7.27. The summed E-state index contributed by atoms with van der Waals surface area (Å²) in [6.45, 7) is 4.00. The molecule has 1 aromatic carbocycles. The Bertz CT molecular complexity index is 540. The Morgan fingerprint density at radius 3 is 2.48 bits per heavy atom. The highest BCUT2D eigenvalue weighted by molar-refractivity contribution is 5.91. The van der Waals surface area contributed by atoms with Crippen LogP contribution < -0.4 is 10.6 Å². The van der Waals surface area contributed by atoms with E-state index in [4.69, 9.17) is 9.47 Å². The van der Waals surface area contributed by atoms with Crippen LogP contribution in [-0.4, -0.2) is 37.9 Å². The number of carbonyl (C=O) groups excluding carboxylic acids is 1. The first-order chi connectivity index (χ1) is 12.2. The number of nitrogens with one attached hydrogen (secondary N) is 2. The van der Waals surface area contributed by atoms with Crippen LogP contribution in [0.25, 0.3) is 0 Å². The highest BCUT2D eigenvalue weighted by Gasteiger charge is 2.22. The molecule has 1 heterocycles. The molecule has 0 aromatic heterocycles. The number of anilines is 2. The van der Waals surface area contributed by atoms with Gasteiger partial charge in [0.1, 0.15) is 6.61 Å². The molecule has 2 unspecified atom stereocenters. The van der Waals surface area contributed by atoms with Crippen LogP contribution in [0.3, 0.4) is 0 Å². The molecule has 1 amide bonds. The van der Waals surface area contributed by atoms with Crippen molar-refractivity contribution in [2.24, 2.45) is 5.92 Å². The number of hydrogen-bond acceptors (Lipinski definition) is 4. The lowest BCUT2D eigenvalue weighted by atomic mass is 9.88. The summed E-state index contributed by atoms with van der Waals surface area (Å²) in [6, 6.07) is 8.36. The molecule has 2 atom stereocenters. The van der Waals surface area contributed by atoms with Gasteiger partial charge in [-0.25, -0.2) is 0 Å². The van der Waals surface area contributed by atoms with Crippen LogP contribution in [-0.2, 0) is 14.3 Å². The molecule has 1 aromatic rings. The molecule has 0 spiro atoms. The first-order valence-electron chi connectivity index (χ1n) is 9.56. The minimum absolute atomic E-state index is 0.0806. The lowest BCUT2D eigenvalue weighted by Gasteiger charge is -2.28. The van der Waals surface area contributed by atoms with E-state index in [0.717, 1.165) is 43.9 Å². The van der Waals surface area contributed by atoms with E-state index in [1.165, 1.54) is 19.3 Å². The fourth-order valence-corrected chi connectivity index (χ4v) is 3.64. The maximum Gasteiger partial charge on any atom is 0.250 e. The molecule has 5 nitrogen and oxygen atoms in total. The summed E-state index contributed by atoms with van der Waals surface area (Å²) in [6.07, 6.45) is 7.06. The zero-order valence-corrected chi connectivity index (χ0v) is 15.1. The van der Waals surface area contributed by atoms with Crippen molar-refractivity contribution in [2.75, 3.05) is 30.5 Å². The predicted molar refractivity (Wildman–Crippen MR) is 99.9 cm³/mol. The molecule has 1 aliphatic carbocycles. The molecule has 0 radical (unpaired) electrons. The van der Waals surface area contributed by atoms with Gasteiger partial charge >= 0.3 is 0 Å². The fourth-order valence-electron chi connectivity index (χ4n) is 3.64. The molecule has 25 heavy (non-hydrogen) atoms. The minimum atomic E-state index is -0.0806. The van der Waals surface area contributed by atoms with Crippen molar-refractivity contribution in [3.8, 4) is 0 Å². The Balaban J connectivity index is 1.41. The van der Waals surface area contributed by atoms with Gasteiger partial charge < -0.3 is 20.1 Å². The van der Waals surface area contributed by atoms with Crippen LogP contribution in [0.1, 0.15) is 45.4 Å². The quantitative estimate of drug-likeness (QED) is 0.822. The van der Waals surface area contributed by atoms with Gasteiger partial charge in [0.25, 0.3) is 0 Å². The zero-order chi connectivity index (χ0) is 17.5. The molecule has 0 bridgehead atoms. The minimum Gasteiger partial charge on any atom is -0.382 e. The van der Waals surface area contributed by atoms with E-state index >= 15 is 0 Å². The maximum atomic E-state index is 12.1. The average molecular weight is 346 g/mol. The standard InChI is InChI=1S/C20H30N2O3/c1-15-4-2-3-5-19(15)25-14-20(23)22-17-8-6-16(7-9-17)21-18-10-12-24-13-11-18/h6-9,15,18-19,21H,2-5,10-14H2,1H3,(H,22,23). The molecule has 2 N–H and O–H groups in total. The van der Waals surface area contributed by atoms with Crippen LogP contribution in [0.15, 0.2) is 24.3 Å². The van der Waals surface area contributed by atoms with Crippen LogP contribution in [0.2, 0.25) is 0 Å². The third-order valence-corrected chi connectivity index (χ3v) is 5.22. The zero-order valence-electron chi connectivity index (χ0n) is 15.1. The third kappa shape index (κ3) is 5.72. The van der Waals surface area contributed by atoms with Crippen molar-refractivity contribution in [3.05, 3.63) is 24.3 Å². The summed E-state index contributed by atoms with van der Waals surface area (Å²) in [5.41, 5.74) is 1.89. The molecule has 1 saturated carbocycles. The largest absolute Gasteiger partial charge is 0.382 e. The summed E-state index contributed by atoms with van der Waals surface area (Å²) >= 11 is 0. The van der Waals surface area contributed by atoms with Gasteiger partial charge in [0.05, 0.1) is 6.10 Å². The molecular formula is C20H30N2O3. The molecule has 1 aliphatic heterocycles.